The van der Waals surface area contributed by atoms with Gasteiger partial charge in [0.05, 0.1) is 11.0 Å². The average Bonchev–Trinajstić information content (AvgIpc) is 2.37. The molecule has 1 rings (SSSR count). The third-order valence-corrected chi connectivity index (χ3v) is 2.45. The number of nitrogens with zero attached hydrogens (tertiary/aromatic N) is 1. The number of rotatable bonds is 8. The van der Waals surface area contributed by atoms with Crippen molar-refractivity contribution in [2.75, 3.05) is 25.4 Å². The lowest BCUT2D eigenvalue weighted by Gasteiger charge is -2.13. The summed E-state index contributed by atoms with van der Waals surface area (Å²) in [7, 11) is 0. The van der Waals surface area contributed by atoms with E-state index in [0.29, 0.717) is 12.3 Å². The first-order valence-corrected chi connectivity index (χ1v) is 6.10. The summed E-state index contributed by atoms with van der Waals surface area (Å²) in [6.07, 6.45) is 0.320. The zero-order valence-corrected chi connectivity index (χ0v) is 10.8. The zero-order valence-electron chi connectivity index (χ0n) is 10.8. The Bertz CT molecular complexity index is 425. The third kappa shape index (κ3) is 5.11. The Hall–Kier alpha value is -1.86. The van der Waals surface area contributed by atoms with Crippen LogP contribution < -0.4 is 15.8 Å². The van der Waals surface area contributed by atoms with Crippen molar-refractivity contribution >= 4 is 11.4 Å². The maximum Gasteiger partial charge on any atom is 0.295 e. The van der Waals surface area contributed by atoms with Gasteiger partial charge in [0.15, 0.2) is 0 Å². The summed E-state index contributed by atoms with van der Waals surface area (Å²) < 4.78 is 5.29. The van der Waals surface area contributed by atoms with Gasteiger partial charge in [0.2, 0.25) is 0 Å². The molecule has 0 spiro atoms. The topological polar surface area (TPSA) is 111 Å². The van der Waals surface area contributed by atoms with E-state index in [9.17, 15) is 15.2 Å². The largest absolute Gasteiger partial charge is 0.491 e. The molecule has 0 bridgehead atoms. The minimum Gasteiger partial charge on any atom is -0.491 e. The minimum absolute atomic E-state index is 0.0672. The molecule has 0 aliphatic rings. The number of nitro groups is 1. The number of nitrogen functional groups attached to an aromatic ring is 1. The number of ether oxygens (including phenoxy) is 1. The number of aliphatic hydroxyl groups excluding tert-OH is 1. The van der Waals surface area contributed by atoms with Gasteiger partial charge >= 0.3 is 0 Å². The lowest BCUT2D eigenvalue weighted by molar-refractivity contribution is -0.384. The minimum atomic E-state index is -0.664. The van der Waals surface area contributed by atoms with Crippen molar-refractivity contribution < 1.29 is 14.8 Å². The molecule has 0 aromatic heterocycles. The van der Waals surface area contributed by atoms with Crippen molar-refractivity contribution in [2.45, 2.75) is 19.4 Å². The van der Waals surface area contributed by atoms with Crippen LogP contribution in [-0.4, -0.2) is 35.8 Å². The van der Waals surface area contributed by atoms with Crippen LogP contribution in [0.2, 0.25) is 0 Å². The highest BCUT2D eigenvalue weighted by Gasteiger charge is 2.13. The van der Waals surface area contributed by atoms with Gasteiger partial charge in [-0.3, -0.25) is 10.1 Å². The van der Waals surface area contributed by atoms with Crippen LogP contribution in [0.15, 0.2) is 18.2 Å². The Balaban J connectivity index is 2.49. The monoisotopic (exact) mass is 269 g/mol. The number of anilines is 1. The molecule has 0 radical (unpaired) electrons. The van der Waals surface area contributed by atoms with Crippen LogP contribution in [0.4, 0.5) is 11.4 Å². The quantitative estimate of drug-likeness (QED) is 0.280. The number of hydrogen-bond donors (Lipinski definition) is 3. The highest BCUT2D eigenvalue weighted by Crippen LogP contribution is 2.26. The van der Waals surface area contributed by atoms with Crippen LogP contribution in [0, 0.1) is 10.1 Å². The van der Waals surface area contributed by atoms with E-state index in [1.165, 1.54) is 18.2 Å². The maximum absolute atomic E-state index is 10.7. The first-order valence-electron chi connectivity index (χ1n) is 6.10. The van der Waals surface area contributed by atoms with Crippen LogP contribution in [0.1, 0.15) is 13.3 Å². The Morgan fingerprint density at radius 2 is 2.32 bits per heavy atom. The molecule has 0 aliphatic heterocycles. The molecule has 1 aromatic rings. The highest BCUT2D eigenvalue weighted by molar-refractivity contribution is 5.60. The van der Waals surface area contributed by atoms with Crippen LogP contribution in [0.3, 0.4) is 0 Å². The molecule has 1 unspecified atom stereocenters. The fourth-order valence-corrected chi connectivity index (χ4v) is 1.47. The van der Waals surface area contributed by atoms with Crippen molar-refractivity contribution in [2.24, 2.45) is 0 Å². The summed E-state index contributed by atoms with van der Waals surface area (Å²) in [5.41, 5.74) is 5.36. The SMILES string of the molecule is CCCNCC(O)COc1ccc(N)c([N+](=O)[O-])c1. The molecule has 0 heterocycles. The molecule has 7 nitrogen and oxygen atoms in total. The first kappa shape index (κ1) is 15.2. The summed E-state index contributed by atoms with van der Waals surface area (Å²) in [4.78, 5) is 10.1. The molecule has 0 saturated heterocycles. The zero-order chi connectivity index (χ0) is 14.3. The molecule has 106 valence electrons. The van der Waals surface area contributed by atoms with E-state index in [-0.39, 0.29) is 18.0 Å². The van der Waals surface area contributed by atoms with Gasteiger partial charge in [-0.25, -0.2) is 0 Å². The van der Waals surface area contributed by atoms with Crippen molar-refractivity contribution in [3.63, 3.8) is 0 Å². The van der Waals surface area contributed by atoms with E-state index < -0.39 is 11.0 Å². The van der Waals surface area contributed by atoms with E-state index in [0.717, 1.165) is 13.0 Å². The number of nitrogens with one attached hydrogen (secondary N) is 1. The Morgan fingerprint density at radius 3 is 2.95 bits per heavy atom. The number of hydrogen-bond acceptors (Lipinski definition) is 6. The molecule has 0 aliphatic carbocycles. The summed E-state index contributed by atoms with van der Waals surface area (Å²) in [5.74, 6) is 0.315. The van der Waals surface area contributed by atoms with Crippen molar-refractivity contribution in [3.05, 3.63) is 28.3 Å². The number of benzene rings is 1. The fourth-order valence-electron chi connectivity index (χ4n) is 1.47. The molecule has 4 N–H and O–H groups in total. The molecule has 1 atom stereocenters. The molecular formula is C12H19N3O4. The van der Waals surface area contributed by atoms with E-state index in [1.54, 1.807) is 0 Å². The lowest BCUT2D eigenvalue weighted by Crippen LogP contribution is -2.31. The third-order valence-electron chi connectivity index (χ3n) is 2.45. The smallest absolute Gasteiger partial charge is 0.295 e. The molecule has 19 heavy (non-hydrogen) atoms. The number of aliphatic hydroxyl groups is 1. The van der Waals surface area contributed by atoms with E-state index in [2.05, 4.69) is 5.32 Å². The molecular weight excluding hydrogens is 250 g/mol. The van der Waals surface area contributed by atoms with E-state index >= 15 is 0 Å². The summed E-state index contributed by atoms with van der Waals surface area (Å²) in [5, 5.41) is 23.4. The fraction of sp³-hybridized carbons (Fsp3) is 0.500. The summed E-state index contributed by atoms with van der Waals surface area (Å²) >= 11 is 0. The first-order chi connectivity index (χ1) is 9.04. The second kappa shape index (κ2) is 7.55. The predicted molar refractivity (Wildman–Crippen MR) is 72.2 cm³/mol. The van der Waals surface area contributed by atoms with Crippen LogP contribution in [-0.2, 0) is 0 Å². The van der Waals surface area contributed by atoms with Crippen LogP contribution >= 0.6 is 0 Å². The highest BCUT2D eigenvalue weighted by atomic mass is 16.6. The lowest BCUT2D eigenvalue weighted by atomic mass is 10.2. The Morgan fingerprint density at radius 1 is 1.58 bits per heavy atom. The molecule has 0 fully saturated rings. The van der Waals surface area contributed by atoms with Gasteiger partial charge in [-0.1, -0.05) is 6.92 Å². The molecule has 7 heteroatoms. The van der Waals surface area contributed by atoms with Gasteiger partial charge in [-0.05, 0) is 25.1 Å². The second-order valence-electron chi connectivity index (χ2n) is 4.15. The Labute approximate surface area is 111 Å². The predicted octanol–water partition coefficient (Wildman–Crippen LogP) is 0.916. The van der Waals surface area contributed by atoms with Crippen LogP contribution in [0.25, 0.3) is 0 Å². The molecule has 0 amide bonds. The Kier molecular flexibility index (Phi) is 6.04. The van der Waals surface area contributed by atoms with Gasteiger partial charge in [0, 0.05) is 6.54 Å². The van der Waals surface area contributed by atoms with Crippen molar-refractivity contribution in [3.8, 4) is 5.75 Å². The van der Waals surface area contributed by atoms with Gasteiger partial charge < -0.3 is 20.9 Å². The second-order valence-corrected chi connectivity index (χ2v) is 4.15. The van der Waals surface area contributed by atoms with Crippen molar-refractivity contribution in [1.82, 2.24) is 5.32 Å². The van der Waals surface area contributed by atoms with E-state index in [4.69, 9.17) is 10.5 Å². The average molecular weight is 269 g/mol. The molecule has 0 saturated carbocycles. The normalized spacial score (nSPS) is 12.1. The maximum atomic E-state index is 10.7. The van der Waals surface area contributed by atoms with Gasteiger partial charge in [-0.15, -0.1) is 0 Å². The van der Waals surface area contributed by atoms with Gasteiger partial charge in [-0.2, -0.15) is 0 Å². The van der Waals surface area contributed by atoms with E-state index in [1.807, 2.05) is 6.92 Å². The van der Waals surface area contributed by atoms with Crippen LogP contribution in [0.5, 0.6) is 5.75 Å². The molecule has 1 aromatic carbocycles. The van der Waals surface area contributed by atoms with Crippen molar-refractivity contribution in [1.29, 1.82) is 0 Å². The van der Waals surface area contributed by atoms with Gasteiger partial charge in [0.1, 0.15) is 24.1 Å². The number of nitro benzene ring substituents is 1. The standard InChI is InChI=1S/C12H19N3O4/c1-2-5-14-7-9(16)8-19-10-3-4-11(13)12(6-10)15(17)18/h3-4,6,9,14,16H,2,5,7-8,13H2,1H3. The number of nitrogens with two attached hydrogens (primary N) is 1. The summed E-state index contributed by atoms with van der Waals surface area (Å²) in [6, 6.07) is 4.20. The van der Waals surface area contributed by atoms with Gasteiger partial charge in [0.25, 0.3) is 5.69 Å². The summed E-state index contributed by atoms with van der Waals surface area (Å²) in [6.45, 7) is 3.34.